The van der Waals surface area contributed by atoms with Crippen molar-refractivity contribution in [2.75, 3.05) is 31.1 Å². The topological polar surface area (TPSA) is 125 Å². The Morgan fingerprint density at radius 1 is 1.23 bits per heavy atom. The Kier molecular flexibility index (Phi) is 6.45. The molecule has 3 amide bonds. The van der Waals surface area contributed by atoms with Crippen molar-refractivity contribution in [3.05, 3.63) is 48.0 Å². The quantitative estimate of drug-likeness (QED) is 0.620. The van der Waals surface area contributed by atoms with Crippen LogP contribution in [0.25, 0.3) is 11.1 Å². The number of hydrogen-bond donors (Lipinski definition) is 1. The number of benzene rings is 1. The number of halogens is 1. The third kappa shape index (κ3) is 4.75. The smallest absolute Gasteiger partial charge is 0.414 e. The summed E-state index contributed by atoms with van der Waals surface area (Å²) in [4.78, 5) is 43.2. The second-order valence-corrected chi connectivity index (χ2v) is 11.2. The van der Waals surface area contributed by atoms with E-state index in [0.717, 1.165) is 0 Å². The number of amides is 3. The van der Waals surface area contributed by atoms with Gasteiger partial charge in [0.05, 0.1) is 30.3 Å². The van der Waals surface area contributed by atoms with Gasteiger partial charge in [-0.3, -0.25) is 14.7 Å². The number of piperidine rings is 1. The van der Waals surface area contributed by atoms with Crippen LogP contribution in [-0.2, 0) is 19.7 Å². The number of ether oxygens (including phenoxy) is 2. The van der Waals surface area contributed by atoms with Gasteiger partial charge in [0.25, 0.3) is 0 Å². The standard InChI is InChI=1S/C28H30FN5O5/c1-16(35)32-10-18-12-34(26(37)38-18)17-5-6-19(24(29)9-17)20-11-31-8-7-21(20)28(15-30)22-13-33(14-23(22)28)25(36)39-27(2,3)4/h5-9,11,18,22-23H,10,12-14H2,1-4H3,(H,32,35)/t18-,22?,23?,28?/m0/s1. The Labute approximate surface area is 225 Å². The highest BCUT2D eigenvalue weighted by Crippen LogP contribution is 2.64. The van der Waals surface area contributed by atoms with E-state index in [4.69, 9.17) is 9.47 Å². The van der Waals surface area contributed by atoms with Crippen LogP contribution in [0.4, 0.5) is 19.7 Å². The highest BCUT2D eigenvalue weighted by Gasteiger charge is 2.71. The first kappa shape index (κ1) is 26.4. The number of cyclic esters (lactones) is 1. The van der Waals surface area contributed by atoms with Crippen LogP contribution in [0.2, 0.25) is 0 Å². The number of nitrogens with one attached hydrogen (secondary N) is 1. The summed E-state index contributed by atoms with van der Waals surface area (Å²) in [5, 5.41) is 12.9. The number of nitrogens with zero attached hydrogens (tertiary/aromatic N) is 4. The lowest BCUT2D eigenvalue weighted by Gasteiger charge is -2.27. The van der Waals surface area contributed by atoms with Crippen molar-refractivity contribution in [2.45, 2.75) is 44.8 Å². The summed E-state index contributed by atoms with van der Waals surface area (Å²) in [6.07, 6.45) is 1.55. The Balaban J connectivity index is 1.37. The minimum atomic E-state index is -0.864. The number of carbonyl (C=O) groups excluding carboxylic acids is 3. The second kappa shape index (κ2) is 9.52. The van der Waals surface area contributed by atoms with Gasteiger partial charge < -0.3 is 19.7 Å². The molecule has 5 rings (SSSR count). The number of anilines is 1. The molecule has 10 nitrogen and oxygen atoms in total. The lowest BCUT2D eigenvalue weighted by molar-refractivity contribution is -0.119. The lowest BCUT2D eigenvalue weighted by Crippen LogP contribution is -2.39. The van der Waals surface area contributed by atoms with E-state index in [2.05, 4.69) is 16.4 Å². The monoisotopic (exact) mass is 535 g/mol. The normalized spacial score (nSPS) is 25.5. The minimum absolute atomic E-state index is 0.0987. The van der Waals surface area contributed by atoms with Gasteiger partial charge in [-0.05, 0) is 50.6 Å². The fourth-order valence-corrected chi connectivity index (χ4v) is 5.69. The molecule has 2 unspecified atom stereocenters. The summed E-state index contributed by atoms with van der Waals surface area (Å²) in [5.74, 6) is -1.01. The summed E-state index contributed by atoms with van der Waals surface area (Å²) in [6, 6.07) is 8.65. The predicted octanol–water partition coefficient (Wildman–Crippen LogP) is 3.61. The second-order valence-electron chi connectivity index (χ2n) is 11.2. The Bertz CT molecular complexity index is 1370. The van der Waals surface area contributed by atoms with E-state index in [9.17, 15) is 19.6 Å². The van der Waals surface area contributed by atoms with Crippen LogP contribution in [0.15, 0.2) is 36.7 Å². The van der Waals surface area contributed by atoms with Gasteiger partial charge in [0, 0.05) is 55.4 Å². The van der Waals surface area contributed by atoms with Crippen LogP contribution in [0.5, 0.6) is 0 Å². The van der Waals surface area contributed by atoms with E-state index >= 15 is 4.39 Å². The van der Waals surface area contributed by atoms with Gasteiger partial charge >= 0.3 is 12.2 Å². The summed E-state index contributed by atoms with van der Waals surface area (Å²) in [7, 11) is 0. The summed E-state index contributed by atoms with van der Waals surface area (Å²) >= 11 is 0. The molecule has 1 aromatic heterocycles. The van der Waals surface area contributed by atoms with Crippen molar-refractivity contribution in [3.8, 4) is 17.2 Å². The number of likely N-dealkylation sites (tertiary alicyclic amines) is 1. The zero-order valence-corrected chi connectivity index (χ0v) is 22.2. The number of pyridine rings is 1. The third-order valence-electron chi connectivity index (χ3n) is 7.49. The highest BCUT2D eigenvalue weighted by atomic mass is 19.1. The van der Waals surface area contributed by atoms with Crippen LogP contribution in [0.3, 0.4) is 0 Å². The van der Waals surface area contributed by atoms with Gasteiger partial charge in [-0.1, -0.05) is 0 Å². The average molecular weight is 536 g/mol. The van der Waals surface area contributed by atoms with Gasteiger partial charge in [-0.15, -0.1) is 0 Å². The van der Waals surface area contributed by atoms with Gasteiger partial charge in [-0.2, -0.15) is 5.26 Å². The molecule has 39 heavy (non-hydrogen) atoms. The number of hydrogen-bond acceptors (Lipinski definition) is 7. The van der Waals surface area contributed by atoms with Crippen molar-refractivity contribution in [3.63, 3.8) is 0 Å². The molecule has 1 aromatic carbocycles. The third-order valence-corrected chi connectivity index (χ3v) is 7.49. The Morgan fingerprint density at radius 3 is 2.56 bits per heavy atom. The van der Waals surface area contributed by atoms with Crippen LogP contribution in [0.1, 0.15) is 33.3 Å². The molecular weight excluding hydrogens is 505 g/mol. The van der Waals surface area contributed by atoms with Crippen molar-refractivity contribution in [1.82, 2.24) is 15.2 Å². The molecular formula is C28H30FN5O5. The lowest BCUT2D eigenvalue weighted by atomic mass is 9.86. The van der Waals surface area contributed by atoms with Crippen molar-refractivity contribution < 1.29 is 28.2 Å². The summed E-state index contributed by atoms with van der Waals surface area (Å²) in [5.41, 5.74) is 0.264. The minimum Gasteiger partial charge on any atom is -0.444 e. The SMILES string of the molecule is CC(=O)NC[C@H]1CN(c2ccc(-c3cnccc3C3(C#N)C4CN(C(=O)OC(C)(C)C)CC43)c(F)c2)C(=O)O1. The molecule has 3 atom stereocenters. The van der Waals surface area contributed by atoms with E-state index in [1.54, 1.807) is 56.3 Å². The maximum atomic E-state index is 15.6. The molecule has 0 spiro atoms. The number of nitriles is 1. The van der Waals surface area contributed by atoms with Crippen molar-refractivity contribution in [1.29, 1.82) is 5.26 Å². The van der Waals surface area contributed by atoms with Gasteiger partial charge in [0.1, 0.15) is 17.5 Å². The van der Waals surface area contributed by atoms with Crippen LogP contribution in [0, 0.1) is 29.0 Å². The van der Waals surface area contributed by atoms with Crippen LogP contribution >= 0.6 is 0 Å². The fourth-order valence-electron chi connectivity index (χ4n) is 5.69. The largest absolute Gasteiger partial charge is 0.444 e. The van der Waals surface area contributed by atoms with Crippen LogP contribution in [-0.4, -0.2) is 65.9 Å². The molecule has 1 N–H and O–H groups in total. The van der Waals surface area contributed by atoms with Gasteiger partial charge in [-0.25, -0.2) is 14.0 Å². The molecule has 2 saturated heterocycles. The first-order chi connectivity index (χ1) is 18.4. The molecule has 0 bridgehead atoms. The molecule has 1 saturated carbocycles. The highest BCUT2D eigenvalue weighted by molar-refractivity contribution is 5.90. The fraction of sp³-hybridized carbons (Fsp3) is 0.464. The van der Waals surface area contributed by atoms with Crippen molar-refractivity contribution >= 4 is 23.8 Å². The van der Waals surface area contributed by atoms with E-state index in [1.165, 1.54) is 17.9 Å². The molecule has 204 valence electrons. The van der Waals surface area contributed by atoms with Gasteiger partial charge in [0.2, 0.25) is 5.91 Å². The van der Waals surface area contributed by atoms with E-state index < -0.39 is 35.1 Å². The maximum absolute atomic E-state index is 15.6. The Morgan fingerprint density at radius 2 is 1.95 bits per heavy atom. The molecule has 2 aliphatic heterocycles. The molecule has 11 heteroatoms. The predicted molar refractivity (Wildman–Crippen MR) is 138 cm³/mol. The molecule has 3 heterocycles. The number of aromatic nitrogens is 1. The zero-order chi connectivity index (χ0) is 28.1. The van der Waals surface area contributed by atoms with Gasteiger partial charge in [0.15, 0.2) is 0 Å². The summed E-state index contributed by atoms with van der Waals surface area (Å²) < 4.78 is 26.3. The first-order valence-electron chi connectivity index (χ1n) is 12.8. The molecule has 3 aliphatic rings. The number of carbonyl (C=O) groups is 3. The molecule has 2 aromatic rings. The van der Waals surface area contributed by atoms with Crippen molar-refractivity contribution in [2.24, 2.45) is 11.8 Å². The number of rotatable bonds is 5. The average Bonchev–Trinajstić information content (AvgIpc) is 3.15. The summed E-state index contributed by atoms with van der Waals surface area (Å²) in [6.45, 7) is 7.90. The molecule has 1 aliphatic carbocycles. The molecule has 3 fully saturated rings. The number of fused-ring (bicyclic) bond motifs is 1. The first-order valence-corrected chi connectivity index (χ1v) is 12.8. The van der Waals surface area contributed by atoms with Crippen LogP contribution < -0.4 is 10.2 Å². The van der Waals surface area contributed by atoms with E-state index in [1.807, 2.05) is 0 Å². The maximum Gasteiger partial charge on any atom is 0.414 e. The van der Waals surface area contributed by atoms with E-state index in [0.29, 0.717) is 29.9 Å². The molecule has 0 radical (unpaired) electrons. The zero-order valence-electron chi connectivity index (χ0n) is 22.2. The van der Waals surface area contributed by atoms with E-state index in [-0.39, 0.29) is 36.4 Å². The Hall–Kier alpha value is -4.20.